The number of aromatic nitrogens is 4. The Balaban J connectivity index is 0.000000101. The van der Waals surface area contributed by atoms with Gasteiger partial charge in [0.1, 0.15) is 0 Å². The van der Waals surface area contributed by atoms with E-state index in [-0.39, 0.29) is 0 Å². The molecule has 29 aromatic rings. The van der Waals surface area contributed by atoms with Gasteiger partial charge in [-0.25, -0.2) is 0 Å². The van der Waals surface area contributed by atoms with Crippen molar-refractivity contribution < 1.29 is 0 Å². The highest BCUT2D eigenvalue weighted by atomic mass is 15.0. The molecular weight excluding hydrogens is 1690 g/mol. The summed E-state index contributed by atoms with van der Waals surface area (Å²) < 4.78 is 10.0. The molecule has 0 aliphatic heterocycles. The molecule has 24 aromatic carbocycles. The van der Waals surface area contributed by atoms with Gasteiger partial charge >= 0.3 is 0 Å². The van der Waals surface area contributed by atoms with Gasteiger partial charge in [0.05, 0.1) is 49.7 Å². The number of hydrogen-bond donors (Lipinski definition) is 0. The number of fused-ring (bicyclic) bond motifs is 17. The Morgan fingerprint density at radius 3 is 0.993 bits per heavy atom. The van der Waals surface area contributed by atoms with Crippen LogP contribution in [0.3, 0.4) is 0 Å². The minimum absolute atomic E-state index is 1.16. The molecule has 2 aliphatic rings. The number of para-hydroxylation sites is 1. The molecule has 0 amide bonds. The normalized spacial score (nSPS) is 12.0. The van der Waals surface area contributed by atoms with E-state index in [4.69, 9.17) is 0 Å². The van der Waals surface area contributed by atoms with Crippen molar-refractivity contribution in [3.8, 4) is 139 Å². The van der Waals surface area contributed by atoms with E-state index < -0.39 is 0 Å². The maximum absolute atomic E-state index is 2.55. The first-order chi connectivity index (χ1) is 69.6. The van der Waals surface area contributed by atoms with Crippen LogP contribution in [0.1, 0.15) is 0 Å². The summed E-state index contributed by atoms with van der Waals surface area (Å²) in [5, 5.41) is 23.5. The number of benzene rings is 24. The van der Waals surface area contributed by atoms with Crippen LogP contribution in [0.2, 0.25) is 0 Å². The zero-order chi connectivity index (χ0) is 91.7. The van der Waals surface area contributed by atoms with E-state index >= 15 is 0 Å². The number of nitrogens with zero attached hydrogens (tertiary/aromatic N) is 4. The number of hydrogen-bond acceptors (Lipinski definition) is 0. The Morgan fingerprint density at radius 2 is 0.436 bits per heavy atom. The van der Waals surface area contributed by atoms with E-state index in [1.165, 1.54) is 275 Å². The predicted octanol–water partition coefficient (Wildman–Crippen LogP) is 37.1. The third-order valence-corrected chi connectivity index (χ3v) is 30.1. The second kappa shape index (κ2) is 31.6. The van der Waals surface area contributed by atoms with Crippen molar-refractivity contribution in [2.75, 3.05) is 0 Å². The molecule has 140 heavy (non-hydrogen) atoms. The molecule has 0 saturated heterocycles. The van der Waals surface area contributed by atoms with Gasteiger partial charge in [-0.1, -0.05) is 437 Å². The van der Waals surface area contributed by atoms with Crippen molar-refractivity contribution in [2.24, 2.45) is 0 Å². The molecule has 5 aromatic heterocycles. The van der Waals surface area contributed by atoms with Gasteiger partial charge in [-0.15, -0.1) is 0 Å². The molecule has 4 heteroatoms. The van der Waals surface area contributed by atoms with Crippen molar-refractivity contribution in [2.45, 2.75) is 0 Å². The minimum atomic E-state index is 1.16. The van der Waals surface area contributed by atoms with Crippen LogP contribution in [0.15, 0.2) is 510 Å². The molecule has 4 nitrogen and oxygen atoms in total. The first-order valence-corrected chi connectivity index (χ1v) is 48.5. The standard InChI is InChI=1S/C46H28N2.C46H29N.C44H27N/c1-2-11-29(12-3-1)33-14-6-7-15-34(33)31-21-24-32(25-22-31)47-41-20-10-18-37-36-17-8-9-19-40(36)48-45-35-16-5-4-13-30(35)23-26-38(45)39-27-28-42(47)44(43(37)41)46(39)48;1-3-12-30(13-4-1)35-17-7-8-18-36(35)32-22-25-34(26-23-32)47-41-28-24-33-16-11-21-39-38-19-9-10-20-40(38)44-37(31-14-5-2-6-15-31)27-29-42(47)46(44)45(41)43(33)39;1-2-12-28(13-3-1)31-14-4-5-15-32(31)29-24-26-30(27-25-29)45-40-23-11-22-38-34-17-7-6-16-33(34)36-20-10-21-37-35-18-8-9-19-39(35)44(45)43(41(36)37)42(38)40/h1-28H;1-29H;1-27H. The van der Waals surface area contributed by atoms with Gasteiger partial charge < -0.3 is 18.1 Å². The lowest BCUT2D eigenvalue weighted by atomic mass is 9.88. The fourth-order valence-electron chi connectivity index (χ4n) is 24.3. The quantitative estimate of drug-likeness (QED) is 0.122. The summed E-state index contributed by atoms with van der Waals surface area (Å²) in [6, 6.07) is 187. The van der Waals surface area contributed by atoms with E-state index in [9.17, 15) is 0 Å². The zero-order valence-electron chi connectivity index (χ0n) is 76.3. The monoisotopic (exact) mass is 1770 g/mol. The molecular formula is C136H84N4. The SMILES string of the molecule is c1ccc(-c2ccccc2-c2ccc(-n3c4ccc(-c5ccccc5)c5c4c4c6c(cccc6ccc43)-c3ccccc3-5)cc2)cc1.c1ccc(-c2ccccc2-c2ccc(-n3c4cccc5c4c4c6c(cccc6c6ccccc6c43)-c3ccccc3-5)cc2)cc1.c1ccc(-c2ccccc2-c2ccc(-n3c4cccc5c6ccccc6n6c7c8ccccc8ccc7c7ccc3c(c54)c76)cc2)cc1. The van der Waals surface area contributed by atoms with Gasteiger partial charge in [-0.05, 0) is 222 Å². The van der Waals surface area contributed by atoms with Crippen molar-refractivity contribution in [1.29, 1.82) is 0 Å². The molecule has 0 saturated carbocycles. The highest BCUT2D eigenvalue weighted by molar-refractivity contribution is 6.39. The Hall–Kier alpha value is -18.5. The lowest BCUT2D eigenvalue weighted by Gasteiger charge is -2.17. The Morgan fingerprint density at radius 1 is 0.114 bits per heavy atom. The minimum Gasteiger partial charge on any atom is -0.309 e. The molecule has 2 aliphatic carbocycles. The molecule has 0 spiro atoms. The van der Waals surface area contributed by atoms with E-state index in [0.29, 0.717) is 0 Å². The summed E-state index contributed by atoms with van der Waals surface area (Å²) in [4.78, 5) is 0. The topological polar surface area (TPSA) is 19.2 Å². The van der Waals surface area contributed by atoms with Crippen molar-refractivity contribution in [1.82, 2.24) is 18.1 Å². The highest BCUT2D eigenvalue weighted by Gasteiger charge is 2.32. The smallest absolute Gasteiger partial charge is 0.0642 e. The van der Waals surface area contributed by atoms with Crippen LogP contribution in [0, 0.1) is 0 Å². The van der Waals surface area contributed by atoms with Crippen LogP contribution in [0.5, 0.6) is 0 Å². The first-order valence-electron chi connectivity index (χ1n) is 48.5. The molecule has 0 unspecified atom stereocenters. The van der Waals surface area contributed by atoms with Crippen molar-refractivity contribution in [3.63, 3.8) is 0 Å². The predicted molar refractivity (Wildman–Crippen MR) is 594 cm³/mol. The second-order valence-electron chi connectivity index (χ2n) is 37.4. The summed E-state index contributed by atoms with van der Waals surface area (Å²) in [6.45, 7) is 0. The largest absolute Gasteiger partial charge is 0.309 e. The molecule has 648 valence electrons. The molecule has 0 radical (unpaired) electrons. The van der Waals surface area contributed by atoms with E-state index in [2.05, 4.69) is 528 Å². The van der Waals surface area contributed by atoms with Crippen LogP contribution in [-0.2, 0) is 0 Å². The summed E-state index contributed by atoms with van der Waals surface area (Å²) >= 11 is 0. The fourth-order valence-corrected chi connectivity index (χ4v) is 24.3. The van der Waals surface area contributed by atoms with Gasteiger partial charge in [0.15, 0.2) is 0 Å². The molecule has 0 fully saturated rings. The van der Waals surface area contributed by atoms with Crippen LogP contribution in [0.25, 0.3) is 286 Å². The van der Waals surface area contributed by atoms with Gasteiger partial charge in [0.2, 0.25) is 0 Å². The third-order valence-electron chi connectivity index (χ3n) is 30.1. The molecule has 0 N–H and O–H groups in total. The fraction of sp³-hybridized carbons (Fsp3) is 0. The third kappa shape index (κ3) is 11.9. The zero-order valence-corrected chi connectivity index (χ0v) is 76.3. The Kier molecular flexibility index (Phi) is 17.8. The Labute approximate surface area is 807 Å². The molecule has 0 bridgehead atoms. The van der Waals surface area contributed by atoms with Crippen LogP contribution >= 0.6 is 0 Å². The molecule has 31 rings (SSSR count). The van der Waals surface area contributed by atoms with Crippen molar-refractivity contribution >= 4 is 147 Å². The van der Waals surface area contributed by atoms with Gasteiger partial charge in [0.25, 0.3) is 0 Å². The molecule has 5 heterocycles. The average molecular weight is 1770 g/mol. The second-order valence-corrected chi connectivity index (χ2v) is 37.4. The van der Waals surface area contributed by atoms with E-state index in [0.717, 1.165) is 11.4 Å². The van der Waals surface area contributed by atoms with Crippen molar-refractivity contribution in [3.05, 3.63) is 510 Å². The summed E-state index contributed by atoms with van der Waals surface area (Å²) in [6.07, 6.45) is 0. The van der Waals surface area contributed by atoms with Crippen LogP contribution < -0.4 is 0 Å². The maximum atomic E-state index is 2.55. The van der Waals surface area contributed by atoms with Gasteiger partial charge in [0, 0.05) is 87.3 Å². The van der Waals surface area contributed by atoms with Gasteiger partial charge in [-0.2, -0.15) is 0 Å². The highest BCUT2D eigenvalue weighted by Crippen LogP contribution is 2.57. The van der Waals surface area contributed by atoms with Crippen LogP contribution in [0.4, 0.5) is 0 Å². The summed E-state index contributed by atoms with van der Waals surface area (Å²) in [5.74, 6) is 0. The summed E-state index contributed by atoms with van der Waals surface area (Å²) in [7, 11) is 0. The number of rotatable bonds is 10. The maximum Gasteiger partial charge on any atom is 0.0642 e. The van der Waals surface area contributed by atoms with E-state index in [1.807, 2.05) is 0 Å². The summed E-state index contributed by atoms with van der Waals surface area (Å²) in [5.41, 5.74) is 42.4. The van der Waals surface area contributed by atoms with Gasteiger partial charge in [-0.3, -0.25) is 0 Å². The lowest BCUT2D eigenvalue weighted by Crippen LogP contribution is -1.96. The molecule has 0 atom stereocenters. The average Bonchev–Trinajstić information content (AvgIpc) is 1.52. The Bertz CT molecular complexity index is 10100. The van der Waals surface area contributed by atoms with E-state index in [1.54, 1.807) is 0 Å². The first kappa shape index (κ1) is 79.0. The van der Waals surface area contributed by atoms with Crippen LogP contribution in [-0.4, -0.2) is 18.1 Å². The lowest BCUT2D eigenvalue weighted by molar-refractivity contribution is 1.18.